The summed E-state index contributed by atoms with van der Waals surface area (Å²) in [4.78, 5) is 11.8. The molecule has 1 aliphatic heterocycles. The van der Waals surface area contributed by atoms with Crippen molar-refractivity contribution in [2.45, 2.75) is 49.7 Å². The third-order valence-corrected chi connectivity index (χ3v) is 7.28. The zero-order valence-electron chi connectivity index (χ0n) is 20.6. The predicted molar refractivity (Wildman–Crippen MR) is 140 cm³/mol. The molecule has 0 radical (unpaired) electrons. The van der Waals surface area contributed by atoms with Crippen molar-refractivity contribution in [2.75, 3.05) is 12.0 Å². The van der Waals surface area contributed by atoms with E-state index in [2.05, 4.69) is 53.1 Å². The molecule has 1 fully saturated rings. The quantitative estimate of drug-likeness (QED) is 0.128. The maximum absolute atomic E-state index is 12.7. The van der Waals surface area contributed by atoms with Crippen LogP contribution in [0.15, 0.2) is 73.0 Å². The van der Waals surface area contributed by atoms with Crippen molar-refractivity contribution in [3.05, 3.63) is 101 Å². The number of nitrogens with zero attached hydrogens (tertiary/aromatic N) is 1. The smallest absolute Gasteiger partial charge is 0.417 e. The number of benzene rings is 3. The van der Waals surface area contributed by atoms with E-state index in [9.17, 15) is 13.2 Å². The fraction of sp³-hybridized carbons (Fsp3) is 0.310. The fourth-order valence-electron chi connectivity index (χ4n) is 5.02. The first-order chi connectivity index (χ1) is 17.8. The van der Waals surface area contributed by atoms with E-state index in [1.165, 1.54) is 31.8 Å². The van der Waals surface area contributed by atoms with Crippen LogP contribution in [-0.4, -0.2) is 18.7 Å². The molecule has 5 rings (SSSR count). The third kappa shape index (κ3) is 6.08. The summed E-state index contributed by atoms with van der Waals surface area (Å²) in [5.74, 6) is 0.882. The van der Waals surface area contributed by atoms with E-state index in [0.717, 1.165) is 27.9 Å². The molecule has 1 saturated carbocycles. The van der Waals surface area contributed by atoms with Crippen molar-refractivity contribution in [1.29, 1.82) is 0 Å². The van der Waals surface area contributed by atoms with E-state index >= 15 is 0 Å². The SMILES string of the molecule is COO/C=C/c1ccc(C2c3ccc(OSC(F)(F)F)cc3C[C@@H](C)N2c2ccc(C3CC3)cc2)cc1. The Morgan fingerprint density at radius 3 is 2.30 bits per heavy atom. The number of hydrogen-bond donors (Lipinski definition) is 0. The maximum atomic E-state index is 12.7. The summed E-state index contributed by atoms with van der Waals surface area (Å²) in [6.45, 7) is 2.15. The van der Waals surface area contributed by atoms with Crippen molar-refractivity contribution < 1.29 is 27.1 Å². The van der Waals surface area contributed by atoms with Crippen LogP contribution < -0.4 is 9.08 Å². The number of fused-ring (bicyclic) bond motifs is 1. The summed E-state index contributed by atoms with van der Waals surface area (Å²) >= 11 is -0.485. The van der Waals surface area contributed by atoms with Gasteiger partial charge in [-0.15, -0.1) is 0 Å². The van der Waals surface area contributed by atoms with Crippen molar-refractivity contribution >= 4 is 23.8 Å². The van der Waals surface area contributed by atoms with Crippen LogP contribution in [0.1, 0.15) is 59.5 Å². The molecule has 0 spiro atoms. The van der Waals surface area contributed by atoms with Crippen LogP contribution in [0.3, 0.4) is 0 Å². The Balaban J connectivity index is 1.51. The first kappa shape index (κ1) is 25.5. The van der Waals surface area contributed by atoms with E-state index in [1.54, 1.807) is 18.2 Å². The molecule has 2 aliphatic rings. The van der Waals surface area contributed by atoms with Crippen LogP contribution in [0.25, 0.3) is 6.08 Å². The van der Waals surface area contributed by atoms with Gasteiger partial charge in [0.2, 0.25) is 0 Å². The van der Waals surface area contributed by atoms with Crippen molar-refractivity contribution in [3.8, 4) is 5.75 Å². The van der Waals surface area contributed by atoms with Gasteiger partial charge in [0.15, 0.2) is 12.0 Å². The van der Waals surface area contributed by atoms with Crippen LogP contribution in [-0.2, 0) is 16.2 Å². The third-order valence-electron chi connectivity index (χ3n) is 6.81. The highest BCUT2D eigenvalue weighted by Gasteiger charge is 2.35. The second-order valence-corrected chi connectivity index (χ2v) is 10.2. The Labute approximate surface area is 219 Å². The Bertz CT molecular complexity index is 1240. The van der Waals surface area contributed by atoms with Gasteiger partial charge in [0.05, 0.1) is 13.2 Å². The summed E-state index contributed by atoms with van der Waals surface area (Å²) in [6.07, 6.45) is 6.48. The summed E-state index contributed by atoms with van der Waals surface area (Å²) in [5.41, 5.74) is 2.13. The molecule has 0 aromatic heterocycles. The molecule has 0 N–H and O–H groups in total. The second-order valence-electron chi connectivity index (χ2n) is 9.43. The summed E-state index contributed by atoms with van der Waals surface area (Å²) in [7, 11) is 1.44. The van der Waals surface area contributed by atoms with Gasteiger partial charge in [0.1, 0.15) is 12.0 Å². The highest BCUT2D eigenvalue weighted by Crippen LogP contribution is 2.45. The molecule has 37 heavy (non-hydrogen) atoms. The van der Waals surface area contributed by atoms with E-state index in [1.807, 2.05) is 18.2 Å². The lowest BCUT2D eigenvalue weighted by Crippen LogP contribution is -2.42. The van der Waals surface area contributed by atoms with Gasteiger partial charge in [0.25, 0.3) is 0 Å². The van der Waals surface area contributed by atoms with Gasteiger partial charge in [-0.25, -0.2) is 0 Å². The highest BCUT2D eigenvalue weighted by molar-refractivity contribution is 7.95. The number of halogens is 3. The molecule has 4 nitrogen and oxygen atoms in total. The monoisotopic (exact) mass is 527 g/mol. The molecular formula is C29H28F3NO3S. The number of anilines is 1. The Morgan fingerprint density at radius 2 is 1.65 bits per heavy atom. The molecule has 0 bridgehead atoms. The minimum atomic E-state index is -4.46. The van der Waals surface area contributed by atoms with Gasteiger partial charge in [-0.05, 0) is 90.3 Å². The topological polar surface area (TPSA) is 30.9 Å². The van der Waals surface area contributed by atoms with Crippen LogP contribution in [0.4, 0.5) is 18.9 Å². The largest absolute Gasteiger partial charge is 0.479 e. The zero-order valence-corrected chi connectivity index (χ0v) is 21.4. The second kappa shape index (κ2) is 10.7. The van der Waals surface area contributed by atoms with Crippen molar-refractivity contribution in [1.82, 2.24) is 0 Å². The number of hydrogen-bond acceptors (Lipinski definition) is 5. The average molecular weight is 528 g/mol. The van der Waals surface area contributed by atoms with Gasteiger partial charge >= 0.3 is 5.51 Å². The number of rotatable bonds is 8. The molecule has 8 heteroatoms. The average Bonchev–Trinajstić information content (AvgIpc) is 3.73. The highest BCUT2D eigenvalue weighted by atomic mass is 32.2. The Morgan fingerprint density at radius 1 is 0.946 bits per heavy atom. The van der Waals surface area contributed by atoms with Crippen LogP contribution >= 0.6 is 12.0 Å². The minimum Gasteiger partial charge on any atom is -0.417 e. The molecule has 3 aromatic rings. The summed E-state index contributed by atoms with van der Waals surface area (Å²) in [5, 5.41) is 0. The summed E-state index contributed by atoms with van der Waals surface area (Å²) in [6, 6.07) is 22.3. The molecule has 1 unspecified atom stereocenters. The molecule has 1 heterocycles. The first-order valence-corrected chi connectivity index (χ1v) is 13.0. The van der Waals surface area contributed by atoms with Gasteiger partial charge in [-0.1, -0.05) is 42.5 Å². The molecule has 2 atom stereocenters. The van der Waals surface area contributed by atoms with Crippen LogP contribution in [0, 0.1) is 0 Å². The zero-order chi connectivity index (χ0) is 26.0. The normalized spacial score (nSPS) is 19.6. The fourth-order valence-corrected chi connectivity index (χ4v) is 5.32. The molecule has 3 aromatic carbocycles. The number of alkyl halides is 3. The summed E-state index contributed by atoms with van der Waals surface area (Å²) < 4.78 is 43.0. The standard InChI is InChI=1S/C29H28F3NO3S/c1-19-17-24-18-26(36-37-29(30,31)32)13-14-27(24)28(23-5-3-20(4-6-23)15-16-35-34-2)33(19)25-11-9-22(10-12-25)21-7-8-21/h3-6,9-16,18-19,21,28H,7-8,17H2,1-2H3/b16-15+/t19-,28?/m1/s1. The molecule has 0 amide bonds. The van der Waals surface area contributed by atoms with Crippen molar-refractivity contribution in [3.63, 3.8) is 0 Å². The molecule has 1 aliphatic carbocycles. The minimum absolute atomic E-state index is 0.108. The van der Waals surface area contributed by atoms with Crippen molar-refractivity contribution in [2.24, 2.45) is 0 Å². The van der Waals surface area contributed by atoms with E-state index in [4.69, 9.17) is 9.07 Å². The van der Waals surface area contributed by atoms with E-state index in [-0.39, 0.29) is 17.8 Å². The van der Waals surface area contributed by atoms with Crippen LogP contribution in [0.2, 0.25) is 0 Å². The molecule has 194 valence electrons. The van der Waals surface area contributed by atoms with Gasteiger partial charge in [0, 0.05) is 11.7 Å². The van der Waals surface area contributed by atoms with E-state index < -0.39 is 17.6 Å². The van der Waals surface area contributed by atoms with Gasteiger partial charge in [-0.3, -0.25) is 0 Å². The lowest BCUT2D eigenvalue weighted by Gasteiger charge is -2.44. The lowest BCUT2D eigenvalue weighted by atomic mass is 9.84. The maximum Gasteiger partial charge on any atom is 0.479 e. The lowest BCUT2D eigenvalue weighted by molar-refractivity contribution is -0.221. The van der Waals surface area contributed by atoms with Crippen LogP contribution in [0.5, 0.6) is 5.75 Å². The van der Waals surface area contributed by atoms with Gasteiger partial charge < -0.3 is 14.0 Å². The van der Waals surface area contributed by atoms with Gasteiger partial charge in [-0.2, -0.15) is 18.1 Å². The molecule has 0 saturated heterocycles. The Hall–Kier alpha value is -3.10. The Kier molecular flexibility index (Phi) is 7.40. The molecular weight excluding hydrogens is 499 g/mol. The predicted octanol–water partition coefficient (Wildman–Crippen LogP) is 8.20. The first-order valence-electron chi connectivity index (χ1n) is 12.2. The van der Waals surface area contributed by atoms with E-state index in [0.29, 0.717) is 12.3 Å².